The van der Waals surface area contributed by atoms with E-state index in [4.69, 9.17) is 14.2 Å². The molecule has 190 valence electrons. The van der Waals surface area contributed by atoms with Gasteiger partial charge in [0.15, 0.2) is 0 Å². The molecule has 35 heavy (non-hydrogen) atoms. The van der Waals surface area contributed by atoms with Crippen molar-refractivity contribution < 1.29 is 24.1 Å². The molecule has 2 atom stereocenters. The molecule has 5 nitrogen and oxygen atoms in total. The number of fused-ring (bicyclic) bond motifs is 1. The summed E-state index contributed by atoms with van der Waals surface area (Å²) in [5.41, 5.74) is 5.86. The number of benzene rings is 2. The van der Waals surface area contributed by atoms with Gasteiger partial charge in [0.25, 0.3) is 0 Å². The number of ether oxygens (including phenoxy) is 3. The van der Waals surface area contributed by atoms with Crippen LogP contribution in [0, 0.1) is 0 Å². The Labute approximate surface area is 209 Å². The van der Waals surface area contributed by atoms with Crippen molar-refractivity contribution in [3.05, 3.63) is 58.1 Å². The van der Waals surface area contributed by atoms with Gasteiger partial charge in [-0.3, -0.25) is 4.79 Å². The molecule has 1 fully saturated rings. The third kappa shape index (κ3) is 6.00. The Morgan fingerprint density at radius 3 is 2.43 bits per heavy atom. The Bertz CT molecular complexity index is 1030. The first kappa shape index (κ1) is 25.6. The molecule has 0 amide bonds. The number of hydrogen-bond acceptors (Lipinski definition) is 5. The van der Waals surface area contributed by atoms with Crippen LogP contribution in [0.4, 0.5) is 0 Å². The topological polar surface area (TPSA) is 65.0 Å². The van der Waals surface area contributed by atoms with E-state index < -0.39 is 6.10 Å². The zero-order valence-electron chi connectivity index (χ0n) is 21.7. The van der Waals surface area contributed by atoms with E-state index in [0.717, 1.165) is 55.6 Å². The van der Waals surface area contributed by atoms with Gasteiger partial charge in [-0.1, -0.05) is 57.0 Å². The normalized spacial score (nSPS) is 20.8. The standard InChI is InChI=1S/C30H40O5/c1-5-10-23-25(15-14-22-16-21(31)17-27(32)34-22)29-26(18-30(3,4)35-29)24(11-6-2)28(23)33-19-20-12-8-7-9-13-20/h7-9,12-13,21-22,31H,5-6,10-11,14-19H2,1-4H3. The van der Waals surface area contributed by atoms with Gasteiger partial charge < -0.3 is 19.3 Å². The molecule has 5 heteroatoms. The third-order valence-electron chi connectivity index (χ3n) is 6.98. The zero-order valence-corrected chi connectivity index (χ0v) is 21.7. The molecule has 4 rings (SSSR count). The molecular weight excluding hydrogens is 440 g/mol. The first-order chi connectivity index (χ1) is 16.8. The minimum absolute atomic E-state index is 0.0907. The van der Waals surface area contributed by atoms with E-state index >= 15 is 0 Å². The summed E-state index contributed by atoms with van der Waals surface area (Å²) < 4.78 is 18.8. The lowest BCUT2D eigenvalue weighted by Crippen LogP contribution is -2.32. The van der Waals surface area contributed by atoms with Crippen LogP contribution >= 0.6 is 0 Å². The van der Waals surface area contributed by atoms with Crippen LogP contribution in [0.2, 0.25) is 0 Å². The predicted molar refractivity (Wildman–Crippen MR) is 137 cm³/mol. The van der Waals surface area contributed by atoms with E-state index in [0.29, 0.717) is 19.4 Å². The third-order valence-corrected chi connectivity index (χ3v) is 6.98. The van der Waals surface area contributed by atoms with Crippen LogP contribution < -0.4 is 9.47 Å². The van der Waals surface area contributed by atoms with Gasteiger partial charge in [0, 0.05) is 35.1 Å². The summed E-state index contributed by atoms with van der Waals surface area (Å²) in [5, 5.41) is 10.1. The fourth-order valence-electron chi connectivity index (χ4n) is 5.50. The van der Waals surface area contributed by atoms with E-state index in [1.807, 2.05) is 18.2 Å². The van der Waals surface area contributed by atoms with Crippen LogP contribution in [-0.4, -0.2) is 28.9 Å². The highest BCUT2D eigenvalue weighted by Gasteiger charge is 2.37. The van der Waals surface area contributed by atoms with Gasteiger partial charge in [0.2, 0.25) is 0 Å². The molecule has 1 N–H and O–H groups in total. The van der Waals surface area contributed by atoms with E-state index in [2.05, 4.69) is 39.8 Å². The molecule has 0 spiro atoms. The van der Waals surface area contributed by atoms with Crippen LogP contribution in [-0.2, 0) is 41.8 Å². The highest BCUT2D eigenvalue weighted by atomic mass is 16.5. The van der Waals surface area contributed by atoms with Crippen LogP contribution in [0.3, 0.4) is 0 Å². The molecule has 0 radical (unpaired) electrons. The van der Waals surface area contributed by atoms with Gasteiger partial charge in [0.1, 0.15) is 29.8 Å². The smallest absolute Gasteiger partial charge is 0.308 e. The number of aliphatic hydroxyl groups is 1. The average molecular weight is 481 g/mol. The number of aliphatic hydroxyl groups excluding tert-OH is 1. The van der Waals surface area contributed by atoms with Crippen molar-refractivity contribution in [1.82, 2.24) is 0 Å². The average Bonchev–Trinajstić information content (AvgIpc) is 3.13. The maximum atomic E-state index is 11.9. The van der Waals surface area contributed by atoms with Crippen molar-refractivity contribution in [3.8, 4) is 11.5 Å². The summed E-state index contributed by atoms with van der Waals surface area (Å²) in [5.74, 6) is 1.72. The number of carbonyl (C=O) groups excluding carboxylic acids is 1. The fourth-order valence-corrected chi connectivity index (χ4v) is 5.50. The first-order valence-corrected chi connectivity index (χ1v) is 13.2. The highest BCUT2D eigenvalue weighted by molar-refractivity contribution is 5.71. The number of hydrogen-bond donors (Lipinski definition) is 1. The molecule has 2 aliphatic rings. The SMILES string of the molecule is CCCc1c(CCC2CC(O)CC(=O)O2)c2c(c(CCC)c1OCc1ccccc1)CC(C)(C)O2. The number of esters is 1. The van der Waals surface area contributed by atoms with Gasteiger partial charge in [-0.2, -0.15) is 0 Å². The van der Waals surface area contributed by atoms with Crippen molar-refractivity contribution in [3.63, 3.8) is 0 Å². The van der Waals surface area contributed by atoms with Crippen LogP contribution in [0.1, 0.15) is 87.6 Å². The van der Waals surface area contributed by atoms with Gasteiger partial charge in [-0.25, -0.2) is 0 Å². The van der Waals surface area contributed by atoms with Gasteiger partial charge in [-0.15, -0.1) is 0 Å². The molecule has 0 aromatic heterocycles. The van der Waals surface area contributed by atoms with Crippen LogP contribution in [0.15, 0.2) is 30.3 Å². The summed E-state index contributed by atoms with van der Waals surface area (Å²) >= 11 is 0. The first-order valence-electron chi connectivity index (χ1n) is 13.2. The van der Waals surface area contributed by atoms with Gasteiger partial charge >= 0.3 is 5.97 Å². The van der Waals surface area contributed by atoms with Gasteiger partial charge in [-0.05, 0) is 45.1 Å². The Balaban J connectivity index is 1.74. The van der Waals surface area contributed by atoms with Gasteiger partial charge in [0.05, 0.1) is 12.5 Å². The van der Waals surface area contributed by atoms with Crippen molar-refractivity contribution in [2.75, 3.05) is 0 Å². The molecule has 2 unspecified atom stereocenters. The zero-order chi connectivity index (χ0) is 25.0. The second-order valence-electron chi connectivity index (χ2n) is 10.6. The summed E-state index contributed by atoms with van der Waals surface area (Å²) in [4.78, 5) is 11.9. The quantitative estimate of drug-likeness (QED) is 0.430. The summed E-state index contributed by atoms with van der Waals surface area (Å²) in [6.45, 7) is 9.24. The minimum Gasteiger partial charge on any atom is -0.488 e. The summed E-state index contributed by atoms with van der Waals surface area (Å²) in [6, 6.07) is 10.3. The Morgan fingerprint density at radius 1 is 1.03 bits per heavy atom. The fraction of sp³-hybridized carbons (Fsp3) is 0.567. The Kier molecular flexibility index (Phi) is 8.05. The van der Waals surface area contributed by atoms with E-state index in [1.54, 1.807) is 0 Å². The second-order valence-corrected chi connectivity index (χ2v) is 10.6. The molecule has 2 aliphatic heterocycles. The largest absolute Gasteiger partial charge is 0.488 e. The number of cyclic esters (lactones) is 1. The molecule has 1 saturated heterocycles. The lowest BCUT2D eigenvalue weighted by molar-refractivity contribution is -0.160. The Morgan fingerprint density at radius 2 is 1.74 bits per heavy atom. The minimum atomic E-state index is -0.617. The van der Waals surface area contributed by atoms with Crippen LogP contribution in [0.25, 0.3) is 0 Å². The van der Waals surface area contributed by atoms with Crippen molar-refractivity contribution in [2.45, 2.75) is 110 Å². The van der Waals surface area contributed by atoms with Crippen molar-refractivity contribution in [1.29, 1.82) is 0 Å². The molecule has 2 heterocycles. The van der Waals surface area contributed by atoms with Crippen molar-refractivity contribution in [2.24, 2.45) is 0 Å². The molecule has 0 saturated carbocycles. The molecule has 0 aliphatic carbocycles. The molecular formula is C30H40O5. The molecule has 2 aromatic rings. The highest BCUT2D eigenvalue weighted by Crippen LogP contribution is 2.48. The molecule has 2 aromatic carbocycles. The second kappa shape index (κ2) is 11.0. The summed E-state index contributed by atoms with van der Waals surface area (Å²) in [6.07, 6.45) is 5.85. The molecule has 0 bridgehead atoms. The van der Waals surface area contributed by atoms with Crippen molar-refractivity contribution >= 4 is 5.97 Å². The maximum Gasteiger partial charge on any atom is 0.308 e. The predicted octanol–water partition coefficient (Wildman–Crippen LogP) is 5.88. The Hall–Kier alpha value is -2.53. The van der Waals surface area contributed by atoms with Crippen LogP contribution in [0.5, 0.6) is 11.5 Å². The van der Waals surface area contributed by atoms with E-state index in [-0.39, 0.29) is 24.1 Å². The van der Waals surface area contributed by atoms with E-state index in [9.17, 15) is 9.90 Å². The number of carbonyl (C=O) groups is 1. The summed E-state index contributed by atoms with van der Waals surface area (Å²) in [7, 11) is 0. The lowest BCUT2D eigenvalue weighted by atomic mass is 9.86. The monoisotopic (exact) mass is 480 g/mol. The lowest BCUT2D eigenvalue weighted by Gasteiger charge is -2.27. The van der Waals surface area contributed by atoms with E-state index in [1.165, 1.54) is 22.3 Å². The number of rotatable bonds is 10. The maximum absolute atomic E-state index is 11.9.